The van der Waals surface area contributed by atoms with Gasteiger partial charge in [-0.3, -0.25) is 4.79 Å². The quantitative estimate of drug-likeness (QED) is 0.867. The zero-order chi connectivity index (χ0) is 14.8. The zero-order valence-corrected chi connectivity index (χ0v) is 12.9. The molecule has 1 heterocycles. The summed E-state index contributed by atoms with van der Waals surface area (Å²) < 4.78 is 5.75. The minimum Gasteiger partial charge on any atom is -0.394 e. The minimum atomic E-state index is -0.435. The van der Waals surface area contributed by atoms with Crippen molar-refractivity contribution in [2.45, 2.75) is 30.4 Å². The van der Waals surface area contributed by atoms with E-state index in [1.54, 1.807) is 16.7 Å². The smallest absolute Gasteiger partial charge is 0.255 e. The summed E-state index contributed by atoms with van der Waals surface area (Å²) in [5, 5.41) is 9.33. The molecule has 0 saturated carbocycles. The molecule has 1 aliphatic rings. The molecule has 1 unspecified atom stereocenters. The second-order valence-corrected chi connectivity index (χ2v) is 6.42. The number of amides is 1. The van der Waals surface area contributed by atoms with Crippen molar-refractivity contribution in [3.63, 3.8) is 0 Å². The monoisotopic (exact) mass is 295 g/mol. The Hall–Kier alpha value is -1.04. The summed E-state index contributed by atoms with van der Waals surface area (Å²) in [4.78, 5) is 15.5. The molecule has 1 atom stereocenters. The molecular weight excluding hydrogens is 274 g/mol. The van der Waals surface area contributed by atoms with Gasteiger partial charge in [0.1, 0.15) is 0 Å². The molecular formula is C15H21NO3S. The second kappa shape index (κ2) is 6.16. The summed E-state index contributed by atoms with van der Waals surface area (Å²) in [5.41, 5.74) is 0.282. The molecule has 0 spiro atoms. The molecule has 5 heteroatoms. The molecule has 1 aromatic carbocycles. The zero-order valence-electron chi connectivity index (χ0n) is 12.1. The van der Waals surface area contributed by atoms with Crippen molar-refractivity contribution >= 4 is 17.7 Å². The van der Waals surface area contributed by atoms with Gasteiger partial charge in [0.15, 0.2) is 0 Å². The topological polar surface area (TPSA) is 49.8 Å². The van der Waals surface area contributed by atoms with Crippen LogP contribution in [0.2, 0.25) is 0 Å². The number of thioether (sulfide) groups is 1. The highest BCUT2D eigenvalue weighted by atomic mass is 32.2. The summed E-state index contributed by atoms with van der Waals surface area (Å²) >= 11 is 1.57. The van der Waals surface area contributed by atoms with Crippen LogP contribution in [0, 0.1) is 0 Å². The van der Waals surface area contributed by atoms with Crippen LogP contribution in [-0.2, 0) is 4.74 Å². The summed E-state index contributed by atoms with van der Waals surface area (Å²) in [6.45, 7) is 4.77. The van der Waals surface area contributed by atoms with E-state index in [0.717, 1.165) is 10.5 Å². The fourth-order valence-corrected chi connectivity index (χ4v) is 3.13. The Kier molecular flexibility index (Phi) is 4.73. The summed E-state index contributed by atoms with van der Waals surface area (Å²) in [6.07, 6.45) is 1.65. The highest BCUT2D eigenvalue weighted by Gasteiger charge is 2.35. The SMILES string of the molecule is CSc1ccccc1C(=O)N1CC(CO)OC(C)(C)C1. The third-order valence-corrected chi connectivity index (χ3v) is 4.11. The van der Waals surface area contributed by atoms with Crippen molar-refractivity contribution in [3.8, 4) is 0 Å². The number of carbonyl (C=O) groups excluding carboxylic acids is 1. The van der Waals surface area contributed by atoms with E-state index < -0.39 is 5.60 Å². The van der Waals surface area contributed by atoms with Crippen LogP contribution in [0.1, 0.15) is 24.2 Å². The lowest BCUT2D eigenvalue weighted by molar-refractivity contribution is -0.139. The fraction of sp³-hybridized carbons (Fsp3) is 0.533. The average Bonchev–Trinajstić information content (AvgIpc) is 2.44. The number of aliphatic hydroxyl groups excluding tert-OH is 1. The number of rotatable bonds is 3. The first-order chi connectivity index (χ1) is 9.46. The van der Waals surface area contributed by atoms with Gasteiger partial charge < -0.3 is 14.7 Å². The van der Waals surface area contributed by atoms with Gasteiger partial charge in [0.05, 0.1) is 23.9 Å². The van der Waals surface area contributed by atoms with Crippen LogP contribution >= 0.6 is 11.8 Å². The van der Waals surface area contributed by atoms with Gasteiger partial charge in [-0.25, -0.2) is 0 Å². The molecule has 1 N–H and O–H groups in total. The number of aliphatic hydroxyl groups is 1. The van der Waals surface area contributed by atoms with Gasteiger partial charge in [-0.15, -0.1) is 11.8 Å². The van der Waals surface area contributed by atoms with Crippen LogP contribution in [-0.4, -0.2) is 53.6 Å². The molecule has 0 bridgehead atoms. The Bertz CT molecular complexity index is 490. The number of nitrogens with zero attached hydrogens (tertiary/aromatic N) is 1. The van der Waals surface area contributed by atoms with Crippen molar-refractivity contribution in [2.24, 2.45) is 0 Å². The second-order valence-electron chi connectivity index (χ2n) is 5.57. The Balaban J connectivity index is 2.23. The Labute approximate surface area is 124 Å². The molecule has 110 valence electrons. The van der Waals surface area contributed by atoms with Crippen molar-refractivity contribution in [2.75, 3.05) is 26.0 Å². The van der Waals surface area contributed by atoms with Crippen molar-refractivity contribution in [3.05, 3.63) is 29.8 Å². The fourth-order valence-electron chi connectivity index (χ4n) is 2.54. The van der Waals surface area contributed by atoms with E-state index in [2.05, 4.69) is 0 Å². The van der Waals surface area contributed by atoms with Gasteiger partial charge in [0.2, 0.25) is 0 Å². The first-order valence-electron chi connectivity index (χ1n) is 6.68. The van der Waals surface area contributed by atoms with Crippen LogP contribution in [0.4, 0.5) is 0 Å². The van der Waals surface area contributed by atoms with Gasteiger partial charge in [-0.2, -0.15) is 0 Å². The van der Waals surface area contributed by atoms with E-state index in [1.165, 1.54) is 0 Å². The summed E-state index contributed by atoms with van der Waals surface area (Å²) in [7, 11) is 0. The van der Waals surface area contributed by atoms with Crippen LogP contribution in [0.3, 0.4) is 0 Å². The van der Waals surface area contributed by atoms with Gasteiger partial charge in [0.25, 0.3) is 5.91 Å². The number of morpholine rings is 1. The lowest BCUT2D eigenvalue weighted by Gasteiger charge is -2.42. The van der Waals surface area contributed by atoms with Gasteiger partial charge in [-0.1, -0.05) is 12.1 Å². The first kappa shape index (κ1) is 15.4. The summed E-state index contributed by atoms with van der Waals surface area (Å²) in [5.74, 6) is 0.00442. The molecule has 2 rings (SSSR count). The number of benzene rings is 1. The molecule has 1 saturated heterocycles. The standard InChI is InChI=1S/C15H21NO3S/c1-15(2)10-16(8-11(9-17)19-15)14(18)12-6-4-5-7-13(12)20-3/h4-7,11,17H,8-10H2,1-3H3. The van der Waals surface area contributed by atoms with Crippen molar-refractivity contribution in [1.29, 1.82) is 0 Å². The van der Waals surface area contributed by atoms with Crippen LogP contribution in [0.25, 0.3) is 0 Å². The molecule has 4 nitrogen and oxygen atoms in total. The maximum atomic E-state index is 12.7. The predicted octanol–water partition coefficient (Wildman–Crippen LogP) is 2.02. The van der Waals surface area contributed by atoms with E-state index in [4.69, 9.17) is 4.74 Å². The molecule has 1 amide bonds. The maximum Gasteiger partial charge on any atom is 0.255 e. The predicted molar refractivity (Wildman–Crippen MR) is 80.2 cm³/mol. The lowest BCUT2D eigenvalue weighted by atomic mass is 10.0. The normalized spacial score (nSPS) is 21.8. The van der Waals surface area contributed by atoms with E-state index in [9.17, 15) is 9.90 Å². The van der Waals surface area contributed by atoms with Crippen molar-refractivity contribution < 1.29 is 14.6 Å². The molecule has 1 fully saturated rings. The molecule has 1 aromatic rings. The molecule has 1 aliphatic heterocycles. The Morgan fingerprint density at radius 1 is 1.50 bits per heavy atom. The lowest BCUT2D eigenvalue weighted by Crippen LogP contribution is -2.55. The Morgan fingerprint density at radius 3 is 2.85 bits per heavy atom. The third-order valence-electron chi connectivity index (χ3n) is 3.31. The van der Waals surface area contributed by atoms with Crippen molar-refractivity contribution in [1.82, 2.24) is 4.90 Å². The summed E-state index contributed by atoms with van der Waals surface area (Å²) in [6, 6.07) is 7.61. The highest BCUT2D eigenvalue weighted by molar-refractivity contribution is 7.98. The van der Waals surface area contributed by atoms with E-state index in [1.807, 2.05) is 44.4 Å². The molecule has 0 radical (unpaired) electrons. The highest BCUT2D eigenvalue weighted by Crippen LogP contribution is 2.26. The molecule has 20 heavy (non-hydrogen) atoms. The largest absolute Gasteiger partial charge is 0.394 e. The molecule has 0 aliphatic carbocycles. The van der Waals surface area contributed by atoms with Gasteiger partial charge >= 0.3 is 0 Å². The number of carbonyl (C=O) groups is 1. The molecule has 0 aromatic heterocycles. The van der Waals surface area contributed by atoms with Gasteiger partial charge in [-0.05, 0) is 32.2 Å². The number of hydrogen-bond donors (Lipinski definition) is 1. The average molecular weight is 295 g/mol. The first-order valence-corrected chi connectivity index (χ1v) is 7.90. The van der Waals surface area contributed by atoms with Gasteiger partial charge in [0, 0.05) is 18.0 Å². The van der Waals surface area contributed by atoms with Crippen LogP contribution < -0.4 is 0 Å². The van der Waals surface area contributed by atoms with E-state index in [0.29, 0.717) is 13.1 Å². The third kappa shape index (κ3) is 3.34. The number of ether oxygens (including phenoxy) is 1. The van der Waals surface area contributed by atoms with Crippen LogP contribution in [0.15, 0.2) is 29.2 Å². The van der Waals surface area contributed by atoms with E-state index >= 15 is 0 Å². The van der Waals surface area contributed by atoms with E-state index in [-0.39, 0.29) is 18.6 Å². The maximum absolute atomic E-state index is 12.7. The minimum absolute atomic E-state index is 0.00442. The Morgan fingerprint density at radius 2 is 2.20 bits per heavy atom. The van der Waals surface area contributed by atoms with Crippen LogP contribution in [0.5, 0.6) is 0 Å². The number of hydrogen-bond acceptors (Lipinski definition) is 4.